The lowest BCUT2D eigenvalue weighted by molar-refractivity contribution is -0.153. The zero-order valence-electron chi connectivity index (χ0n) is 13.2. The fourth-order valence-electron chi connectivity index (χ4n) is 2.04. The van der Waals surface area contributed by atoms with E-state index in [2.05, 4.69) is 15.9 Å². The quantitative estimate of drug-likeness (QED) is 0.453. The first-order chi connectivity index (χ1) is 10.3. The lowest BCUT2D eigenvalue weighted by Crippen LogP contribution is -2.43. The van der Waals surface area contributed by atoms with Crippen LogP contribution >= 0.6 is 15.9 Å². The number of esters is 1. The summed E-state index contributed by atoms with van der Waals surface area (Å²) in [4.78, 5) is 37.6. The minimum absolute atomic E-state index is 0.0928. The number of hydrogen-bond donors (Lipinski definition) is 0. The van der Waals surface area contributed by atoms with Crippen LogP contribution in [0.3, 0.4) is 0 Å². The van der Waals surface area contributed by atoms with Gasteiger partial charge in [0.05, 0.1) is 12.3 Å². The number of ketones is 1. The molecule has 6 heteroatoms. The molecule has 0 aliphatic carbocycles. The van der Waals surface area contributed by atoms with Crippen LogP contribution in [0.25, 0.3) is 0 Å². The number of halogens is 1. The molecule has 0 aliphatic rings. The van der Waals surface area contributed by atoms with E-state index in [-0.39, 0.29) is 18.4 Å². The Kier molecular flexibility index (Phi) is 6.74. The highest BCUT2D eigenvalue weighted by atomic mass is 79.9. The van der Waals surface area contributed by atoms with Crippen molar-refractivity contribution in [3.8, 4) is 0 Å². The van der Waals surface area contributed by atoms with E-state index >= 15 is 0 Å². The molecular weight excluding hydrogens is 350 g/mol. The number of anilines is 1. The summed E-state index contributed by atoms with van der Waals surface area (Å²) in [7, 11) is 0. The maximum Gasteiger partial charge on any atom is 0.397 e. The summed E-state index contributed by atoms with van der Waals surface area (Å²) in [6.07, 6.45) is 0.314. The normalized spacial score (nSPS) is 10.5. The predicted molar refractivity (Wildman–Crippen MR) is 88.0 cm³/mol. The van der Waals surface area contributed by atoms with Crippen LogP contribution < -0.4 is 4.90 Å². The molecule has 0 N–H and O–H groups in total. The van der Waals surface area contributed by atoms with Crippen LogP contribution in [0, 0.1) is 0 Å². The number of rotatable bonds is 5. The molecule has 1 rings (SSSR count). The summed E-state index contributed by atoms with van der Waals surface area (Å²) in [6.45, 7) is 7.06. The van der Waals surface area contributed by atoms with Gasteiger partial charge in [0, 0.05) is 22.5 Å². The van der Waals surface area contributed by atoms with Gasteiger partial charge in [-0.25, -0.2) is 4.79 Å². The number of hydrogen-bond acceptors (Lipinski definition) is 4. The van der Waals surface area contributed by atoms with Crippen molar-refractivity contribution in [1.29, 1.82) is 0 Å². The second-order valence-corrected chi connectivity index (χ2v) is 5.84. The number of nitrogens with zero attached hydrogens (tertiary/aromatic N) is 1. The molecule has 0 saturated heterocycles. The number of benzene rings is 1. The first kappa shape index (κ1) is 18.4. The topological polar surface area (TPSA) is 63.7 Å². The summed E-state index contributed by atoms with van der Waals surface area (Å²) in [5, 5.41) is 0. The van der Waals surface area contributed by atoms with Crippen molar-refractivity contribution >= 4 is 39.3 Å². The van der Waals surface area contributed by atoms with Crippen LogP contribution in [0.2, 0.25) is 0 Å². The van der Waals surface area contributed by atoms with E-state index < -0.39 is 11.9 Å². The maximum atomic E-state index is 12.4. The van der Waals surface area contributed by atoms with Gasteiger partial charge in [0.15, 0.2) is 5.78 Å². The minimum atomic E-state index is -0.925. The predicted octanol–water partition coefficient (Wildman–Crippen LogP) is 3.35. The standard InChI is InChI=1S/C16H20BrNO4/c1-5-14(19)12-8-7-11(17)9-13(12)18(10(3)4)15(20)16(21)22-6-2/h7-10H,5-6H2,1-4H3. The van der Waals surface area contributed by atoms with Gasteiger partial charge in [0.1, 0.15) is 0 Å². The van der Waals surface area contributed by atoms with Crippen LogP contribution in [0.1, 0.15) is 44.5 Å². The Bertz CT molecular complexity index is 584. The van der Waals surface area contributed by atoms with Gasteiger partial charge in [-0.05, 0) is 39.0 Å². The monoisotopic (exact) mass is 369 g/mol. The van der Waals surface area contributed by atoms with Crippen molar-refractivity contribution in [3.63, 3.8) is 0 Å². The van der Waals surface area contributed by atoms with Gasteiger partial charge < -0.3 is 4.74 Å². The highest BCUT2D eigenvalue weighted by Crippen LogP contribution is 2.28. The summed E-state index contributed by atoms with van der Waals surface area (Å²) >= 11 is 3.34. The number of carbonyl (C=O) groups is 3. The smallest absolute Gasteiger partial charge is 0.397 e. The van der Waals surface area contributed by atoms with Gasteiger partial charge in [-0.3, -0.25) is 14.5 Å². The van der Waals surface area contributed by atoms with Crippen LogP contribution in [0.4, 0.5) is 5.69 Å². The Balaban J connectivity index is 3.38. The van der Waals surface area contributed by atoms with Crippen molar-refractivity contribution in [2.45, 2.75) is 40.2 Å². The van der Waals surface area contributed by atoms with Crippen LogP contribution in [0.15, 0.2) is 22.7 Å². The van der Waals surface area contributed by atoms with Gasteiger partial charge in [0.25, 0.3) is 0 Å². The molecule has 0 aliphatic heterocycles. The van der Waals surface area contributed by atoms with E-state index in [4.69, 9.17) is 4.74 Å². The van der Waals surface area contributed by atoms with E-state index in [1.807, 2.05) is 0 Å². The molecule has 5 nitrogen and oxygen atoms in total. The second-order valence-electron chi connectivity index (χ2n) is 4.93. The van der Waals surface area contributed by atoms with Gasteiger partial charge in [-0.2, -0.15) is 0 Å². The van der Waals surface area contributed by atoms with Crippen molar-refractivity contribution in [2.24, 2.45) is 0 Å². The first-order valence-corrected chi connectivity index (χ1v) is 7.95. The number of carbonyl (C=O) groups excluding carboxylic acids is 3. The Morgan fingerprint density at radius 1 is 1.23 bits per heavy atom. The zero-order chi connectivity index (χ0) is 16.9. The average molecular weight is 370 g/mol. The molecule has 0 fully saturated rings. The van der Waals surface area contributed by atoms with E-state index in [1.54, 1.807) is 45.9 Å². The third-order valence-electron chi connectivity index (χ3n) is 3.03. The Labute approximate surface area is 138 Å². The molecule has 0 spiro atoms. The lowest BCUT2D eigenvalue weighted by Gasteiger charge is -2.27. The van der Waals surface area contributed by atoms with Crippen molar-refractivity contribution < 1.29 is 19.1 Å². The number of amides is 1. The van der Waals surface area contributed by atoms with Crippen LogP contribution in [-0.4, -0.2) is 30.3 Å². The molecule has 0 aromatic heterocycles. The highest BCUT2D eigenvalue weighted by molar-refractivity contribution is 9.10. The molecule has 0 radical (unpaired) electrons. The van der Waals surface area contributed by atoms with Crippen molar-refractivity contribution in [3.05, 3.63) is 28.2 Å². The molecule has 0 bridgehead atoms. The average Bonchev–Trinajstić information content (AvgIpc) is 2.46. The Morgan fingerprint density at radius 2 is 1.86 bits per heavy atom. The molecule has 0 heterocycles. The molecule has 1 aromatic rings. The summed E-state index contributed by atoms with van der Waals surface area (Å²) < 4.78 is 5.51. The first-order valence-electron chi connectivity index (χ1n) is 7.16. The molecular formula is C16H20BrNO4. The third kappa shape index (κ3) is 4.16. The van der Waals surface area contributed by atoms with Gasteiger partial charge in [-0.15, -0.1) is 0 Å². The van der Waals surface area contributed by atoms with Crippen LogP contribution in [-0.2, 0) is 14.3 Å². The fraction of sp³-hybridized carbons (Fsp3) is 0.438. The third-order valence-corrected chi connectivity index (χ3v) is 3.52. The summed E-state index contributed by atoms with van der Waals surface area (Å²) in [5.74, 6) is -1.80. The number of Topliss-reactive ketones (excluding diaryl/α,β-unsaturated/α-hetero) is 1. The molecule has 0 atom stereocenters. The minimum Gasteiger partial charge on any atom is -0.459 e. The van der Waals surface area contributed by atoms with Crippen LogP contribution in [0.5, 0.6) is 0 Å². The highest BCUT2D eigenvalue weighted by Gasteiger charge is 2.29. The van der Waals surface area contributed by atoms with Gasteiger partial charge in [-0.1, -0.05) is 22.9 Å². The molecule has 1 aromatic carbocycles. The summed E-state index contributed by atoms with van der Waals surface area (Å²) in [5.41, 5.74) is 0.825. The van der Waals surface area contributed by atoms with Crippen molar-refractivity contribution in [2.75, 3.05) is 11.5 Å². The summed E-state index contributed by atoms with van der Waals surface area (Å²) in [6, 6.07) is 4.76. The van der Waals surface area contributed by atoms with Gasteiger partial charge >= 0.3 is 11.9 Å². The SMILES string of the molecule is CCOC(=O)C(=O)N(c1cc(Br)ccc1C(=O)CC)C(C)C. The molecule has 0 unspecified atom stereocenters. The van der Waals surface area contributed by atoms with Gasteiger partial charge in [0.2, 0.25) is 0 Å². The fourth-order valence-corrected chi connectivity index (χ4v) is 2.39. The maximum absolute atomic E-state index is 12.4. The number of ether oxygens (including phenoxy) is 1. The zero-order valence-corrected chi connectivity index (χ0v) is 14.8. The Hall–Kier alpha value is -1.69. The van der Waals surface area contributed by atoms with E-state index in [0.717, 1.165) is 4.47 Å². The van der Waals surface area contributed by atoms with E-state index in [0.29, 0.717) is 17.7 Å². The molecule has 0 saturated carbocycles. The molecule has 120 valence electrons. The largest absolute Gasteiger partial charge is 0.459 e. The van der Waals surface area contributed by atoms with E-state index in [9.17, 15) is 14.4 Å². The second kappa shape index (κ2) is 8.08. The van der Waals surface area contributed by atoms with E-state index in [1.165, 1.54) is 4.90 Å². The lowest BCUT2D eigenvalue weighted by atomic mass is 10.0. The Morgan fingerprint density at radius 3 is 2.36 bits per heavy atom. The van der Waals surface area contributed by atoms with Crippen molar-refractivity contribution in [1.82, 2.24) is 0 Å². The molecule has 22 heavy (non-hydrogen) atoms. The molecule has 1 amide bonds.